The Bertz CT molecular complexity index is 956. The maximum absolute atomic E-state index is 13.0. The van der Waals surface area contributed by atoms with E-state index in [9.17, 15) is 4.79 Å². The predicted molar refractivity (Wildman–Crippen MR) is 107 cm³/mol. The maximum atomic E-state index is 13.0. The number of hydrogen-bond acceptors (Lipinski definition) is 4. The van der Waals surface area contributed by atoms with E-state index in [4.69, 9.17) is 4.74 Å². The Morgan fingerprint density at radius 1 is 1.19 bits per heavy atom. The molecule has 0 unspecified atom stereocenters. The van der Waals surface area contributed by atoms with Gasteiger partial charge in [-0.25, -0.2) is 4.98 Å². The highest BCUT2D eigenvalue weighted by molar-refractivity contribution is 6.04. The van der Waals surface area contributed by atoms with Gasteiger partial charge in [-0.1, -0.05) is 6.92 Å². The minimum Gasteiger partial charge on any atom is -0.493 e. The Morgan fingerprint density at radius 3 is 2.59 bits per heavy atom. The van der Waals surface area contributed by atoms with Crippen LogP contribution in [0.3, 0.4) is 0 Å². The first-order chi connectivity index (χ1) is 13.2. The summed E-state index contributed by atoms with van der Waals surface area (Å²) in [7, 11) is 1.61. The van der Waals surface area contributed by atoms with Gasteiger partial charge < -0.3 is 15.0 Å². The number of benzene rings is 1. The minimum absolute atomic E-state index is 0.165. The van der Waals surface area contributed by atoms with E-state index in [1.807, 2.05) is 37.4 Å². The lowest BCUT2D eigenvalue weighted by Crippen LogP contribution is -2.18. The van der Waals surface area contributed by atoms with E-state index in [1.165, 1.54) is 18.5 Å². The molecular weight excluding hydrogens is 340 g/mol. The molecule has 1 aromatic carbocycles. The highest BCUT2D eigenvalue weighted by Gasteiger charge is 2.20. The molecule has 3 aromatic rings. The molecule has 0 aliphatic carbocycles. The summed E-state index contributed by atoms with van der Waals surface area (Å²) in [6.45, 7) is 4.21. The molecule has 1 saturated heterocycles. The molecule has 0 atom stereocenters. The van der Waals surface area contributed by atoms with Crippen molar-refractivity contribution in [2.45, 2.75) is 26.2 Å². The van der Waals surface area contributed by atoms with Crippen LogP contribution in [-0.2, 0) is 6.42 Å². The van der Waals surface area contributed by atoms with Crippen LogP contribution in [0.1, 0.15) is 35.9 Å². The smallest absolute Gasteiger partial charge is 0.274 e. The zero-order valence-electron chi connectivity index (χ0n) is 15.7. The zero-order valence-corrected chi connectivity index (χ0v) is 15.7. The number of rotatable bonds is 5. The standard InChI is InChI=1S/C21H24N4O2/c1-3-17-19(25-14-6-7-18(27-2)20(25)23-17)21(26)22-15-8-10-16(11-9-15)24-12-4-5-13-24/h6-11,14H,3-5,12-13H2,1-2H3,(H,22,26). The molecular formula is C21H24N4O2. The normalized spacial score (nSPS) is 13.9. The van der Waals surface area contributed by atoms with Gasteiger partial charge in [0.25, 0.3) is 5.91 Å². The Balaban J connectivity index is 1.61. The van der Waals surface area contributed by atoms with Crippen LogP contribution in [0.2, 0.25) is 0 Å². The Kier molecular flexibility index (Phi) is 4.71. The first kappa shape index (κ1) is 17.4. The second-order valence-electron chi connectivity index (χ2n) is 6.73. The van der Waals surface area contributed by atoms with E-state index in [-0.39, 0.29) is 5.91 Å². The fourth-order valence-electron chi connectivity index (χ4n) is 3.66. The van der Waals surface area contributed by atoms with Gasteiger partial charge in [0.05, 0.1) is 12.8 Å². The van der Waals surface area contributed by atoms with Crippen LogP contribution in [0.4, 0.5) is 11.4 Å². The lowest BCUT2D eigenvalue weighted by Gasteiger charge is -2.17. The van der Waals surface area contributed by atoms with Gasteiger partial charge in [0.15, 0.2) is 11.4 Å². The molecule has 0 radical (unpaired) electrons. The Labute approximate surface area is 158 Å². The fraction of sp³-hybridized carbons (Fsp3) is 0.333. The summed E-state index contributed by atoms with van der Waals surface area (Å²) in [5.74, 6) is 0.489. The quantitative estimate of drug-likeness (QED) is 0.749. The number of methoxy groups -OCH3 is 1. The van der Waals surface area contributed by atoms with Crippen molar-refractivity contribution < 1.29 is 9.53 Å². The van der Waals surface area contributed by atoms with E-state index in [0.717, 1.165) is 24.5 Å². The molecule has 4 rings (SSSR count). The summed E-state index contributed by atoms with van der Waals surface area (Å²) in [6, 6.07) is 11.8. The number of nitrogens with zero attached hydrogens (tertiary/aromatic N) is 3. The third-order valence-electron chi connectivity index (χ3n) is 5.05. The zero-order chi connectivity index (χ0) is 18.8. The highest BCUT2D eigenvalue weighted by Crippen LogP contribution is 2.25. The van der Waals surface area contributed by atoms with Gasteiger partial charge >= 0.3 is 0 Å². The van der Waals surface area contributed by atoms with Crippen LogP contribution in [0, 0.1) is 0 Å². The number of hydrogen-bond donors (Lipinski definition) is 1. The lowest BCUT2D eigenvalue weighted by molar-refractivity contribution is 0.102. The van der Waals surface area contributed by atoms with E-state index < -0.39 is 0 Å². The van der Waals surface area contributed by atoms with Gasteiger partial charge in [0.2, 0.25) is 0 Å². The molecule has 1 aliphatic heterocycles. The Hall–Kier alpha value is -3.02. The monoisotopic (exact) mass is 364 g/mol. The van der Waals surface area contributed by atoms with Gasteiger partial charge in [0.1, 0.15) is 5.69 Å². The second-order valence-corrected chi connectivity index (χ2v) is 6.73. The summed E-state index contributed by atoms with van der Waals surface area (Å²) in [6.07, 6.45) is 5.00. The molecule has 3 heterocycles. The predicted octanol–water partition coefficient (Wildman–Crippen LogP) is 3.76. The van der Waals surface area contributed by atoms with Crippen molar-refractivity contribution in [1.82, 2.24) is 9.38 Å². The van der Waals surface area contributed by atoms with Crippen molar-refractivity contribution in [2.75, 3.05) is 30.4 Å². The molecule has 1 fully saturated rings. The van der Waals surface area contributed by atoms with E-state index in [1.54, 1.807) is 11.5 Å². The number of anilines is 2. The van der Waals surface area contributed by atoms with Crippen molar-refractivity contribution >= 4 is 22.9 Å². The van der Waals surface area contributed by atoms with Crippen LogP contribution in [0.25, 0.3) is 5.65 Å². The maximum Gasteiger partial charge on any atom is 0.274 e. The van der Waals surface area contributed by atoms with Crippen LogP contribution in [0.15, 0.2) is 42.6 Å². The number of aryl methyl sites for hydroxylation is 1. The number of ether oxygens (including phenoxy) is 1. The van der Waals surface area contributed by atoms with Crippen molar-refractivity contribution in [3.8, 4) is 5.75 Å². The molecule has 1 aliphatic rings. The van der Waals surface area contributed by atoms with E-state index in [0.29, 0.717) is 23.5 Å². The number of carbonyl (C=O) groups is 1. The van der Waals surface area contributed by atoms with Gasteiger partial charge in [-0.3, -0.25) is 9.20 Å². The highest BCUT2D eigenvalue weighted by atomic mass is 16.5. The number of amides is 1. The number of fused-ring (bicyclic) bond motifs is 1. The number of aromatic nitrogens is 2. The topological polar surface area (TPSA) is 58.9 Å². The van der Waals surface area contributed by atoms with Crippen molar-refractivity contribution in [1.29, 1.82) is 0 Å². The molecule has 1 amide bonds. The summed E-state index contributed by atoms with van der Waals surface area (Å²) in [5, 5.41) is 3.01. The van der Waals surface area contributed by atoms with E-state index in [2.05, 4.69) is 27.3 Å². The van der Waals surface area contributed by atoms with Gasteiger partial charge in [-0.2, -0.15) is 0 Å². The summed E-state index contributed by atoms with van der Waals surface area (Å²) >= 11 is 0. The molecule has 1 N–H and O–H groups in total. The van der Waals surface area contributed by atoms with Crippen molar-refractivity contribution in [3.63, 3.8) is 0 Å². The molecule has 0 spiro atoms. The second kappa shape index (κ2) is 7.31. The van der Waals surface area contributed by atoms with Gasteiger partial charge in [-0.05, 0) is 55.7 Å². The minimum atomic E-state index is -0.165. The fourth-order valence-corrected chi connectivity index (χ4v) is 3.66. The summed E-state index contributed by atoms with van der Waals surface area (Å²) < 4.78 is 7.18. The molecule has 0 saturated carbocycles. The molecule has 0 bridgehead atoms. The van der Waals surface area contributed by atoms with Crippen LogP contribution >= 0.6 is 0 Å². The number of nitrogens with one attached hydrogen (secondary N) is 1. The van der Waals surface area contributed by atoms with Crippen LogP contribution in [0.5, 0.6) is 5.75 Å². The molecule has 140 valence electrons. The third kappa shape index (κ3) is 3.23. The number of imidazole rings is 1. The summed E-state index contributed by atoms with van der Waals surface area (Å²) in [5.41, 5.74) is 3.95. The van der Waals surface area contributed by atoms with Crippen LogP contribution in [-0.4, -0.2) is 35.5 Å². The molecule has 6 nitrogen and oxygen atoms in total. The summed E-state index contributed by atoms with van der Waals surface area (Å²) in [4.78, 5) is 20.0. The molecule has 2 aromatic heterocycles. The average molecular weight is 364 g/mol. The Morgan fingerprint density at radius 2 is 1.93 bits per heavy atom. The first-order valence-corrected chi connectivity index (χ1v) is 9.41. The largest absolute Gasteiger partial charge is 0.493 e. The average Bonchev–Trinajstić information content (AvgIpc) is 3.35. The first-order valence-electron chi connectivity index (χ1n) is 9.41. The van der Waals surface area contributed by atoms with E-state index >= 15 is 0 Å². The molecule has 27 heavy (non-hydrogen) atoms. The van der Waals surface area contributed by atoms with Crippen molar-refractivity contribution in [2.24, 2.45) is 0 Å². The lowest BCUT2D eigenvalue weighted by atomic mass is 10.2. The van der Waals surface area contributed by atoms with Gasteiger partial charge in [-0.15, -0.1) is 0 Å². The number of carbonyl (C=O) groups excluding carboxylic acids is 1. The third-order valence-corrected chi connectivity index (χ3v) is 5.05. The van der Waals surface area contributed by atoms with Crippen LogP contribution < -0.4 is 15.0 Å². The molecule has 6 heteroatoms. The SMILES string of the molecule is CCc1nc2c(OC)cccn2c1C(=O)Nc1ccc(N2CCCC2)cc1. The van der Waals surface area contributed by atoms with Crippen molar-refractivity contribution in [3.05, 3.63) is 54.0 Å². The van der Waals surface area contributed by atoms with Gasteiger partial charge in [0, 0.05) is 30.7 Å². The number of pyridine rings is 1.